The first-order chi connectivity index (χ1) is 8.70. The molecule has 3 heteroatoms. The summed E-state index contributed by atoms with van der Waals surface area (Å²) in [6.07, 6.45) is 5.21. The van der Waals surface area contributed by atoms with Gasteiger partial charge < -0.3 is 0 Å². The molecule has 2 unspecified atom stereocenters. The third-order valence-electron chi connectivity index (χ3n) is 3.95. The minimum atomic E-state index is 0. The molecule has 1 aliphatic rings. The Balaban J connectivity index is 0.00000180. The third-order valence-corrected chi connectivity index (χ3v) is 4.20. The van der Waals surface area contributed by atoms with Gasteiger partial charge in [-0.3, -0.25) is 4.90 Å². The molecule has 0 N–H and O–H groups in total. The molecule has 1 aliphatic heterocycles. The molecule has 0 spiro atoms. The molecule has 0 bridgehead atoms. The standard InChI is InChI=1S/C16H24ClN.ClH/c1-3-5-16(14-7-9-15(17)10-8-14)18-11-4-6-13(2)12-18;/h7-10,13,16H,3-6,11-12H2,1-2H3;1H. The largest absolute Gasteiger partial charge is 0.296 e. The van der Waals surface area contributed by atoms with Gasteiger partial charge in [-0.1, -0.05) is 44.0 Å². The van der Waals surface area contributed by atoms with Crippen molar-refractivity contribution in [2.75, 3.05) is 13.1 Å². The van der Waals surface area contributed by atoms with E-state index in [2.05, 4.69) is 30.9 Å². The van der Waals surface area contributed by atoms with Crippen LogP contribution in [-0.2, 0) is 0 Å². The van der Waals surface area contributed by atoms with Crippen LogP contribution in [0.15, 0.2) is 24.3 Å². The molecular formula is C16H25Cl2N. The van der Waals surface area contributed by atoms with Gasteiger partial charge in [0.2, 0.25) is 0 Å². The van der Waals surface area contributed by atoms with Crippen LogP contribution in [0.5, 0.6) is 0 Å². The van der Waals surface area contributed by atoms with Crippen LogP contribution in [0, 0.1) is 5.92 Å². The Labute approximate surface area is 128 Å². The second-order valence-electron chi connectivity index (χ2n) is 5.60. The first kappa shape index (κ1) is 16.8. The quantitative estimate of drug-likeness (QED) is 0.726. The lowest BCUT2D eigenvalue weighted by Gasteiger charge is -2.37. The number of piperidine rings is 1. The predicted octanol–water partition coefficient (Wildman–Crippen LogP) is 5.33. The number of halogens is 2. The maximum Gasteiger partial charge on any atom is 0.0406 e. The zero-order valence-electron chi connectivity index (χ0n) is 11.9. The Hall–Kier alpha value is -0.240. The lowest BCUT2D eigenvalue weighted by Crippen LogP contribution is -2.37. The summed E-state index contributed by atoms with van der Waals surface area (Å²) in [5.41, 5.74) is 1.43. The molecule has 1 saturated heterocycles. The van der Waals surface area contributed by atoms with Crippen LogP contribution < -0.4 is 0 Å². The van der Waals surface area contributed by atoms with Crippen LogP contribution in [0.4, 0.5) is 0 Å². The van der Waals surface area contributed by atoms with Crippen molar-refractivity contribution < 1.29 is 0 Å². The highest BCUT2D eigenvalue weighted by atomic mass is 35.5. The summed E-state index contributed by atoms with van der Waals surface area (Å²) in [5.74, 6) is 0.838. The molecule has 2 atom stereocenters. The molecule has 0 aliphatic carbocycles. The molecule has 0 aromatic heterocycles. The first-order valence-corrected chi connectivity index (χ1v) is 7.58. The fourth-order valence-electron chi connectivity index (χ4n) is 3.03. The number of hydrogen-bond donors (Lipinski definition) is 0. The minimum Gasteiger partial charge on any atom is -0.296 e. The Morgan fingerprint density at radius 2 is 2.00 bits per heavy atom. The zero-order valence-corrected chi connectivity index (χ0v) is 13.5. The fraction of sp³-hybridized carbons (Fsp3) is 0.625. The average Bonchev–Trinajstić information content (AvgIpc) is 2.37. The second-order valence-corrected chi connectivity index (χ2v) is 6.03. The Kier molecular flexibility index (Phi) is 7.20. The van der Waals surface area contributed by atoms with Gasteiger partial charge in [0, 0.05) is 17.6 Å². The van der Waals surface area contributed by atoms with Gasteiger partial charge in [0.05, 0.1) is 0 Å². The van der Waals surface area contributed by atoms with E-state index < -0.39 is 0 Å². The van der Waals surface area contributed by atoms with Crippen molar-refractivity contribution in [2.45, 2.75) is 45.6 Å². The van der Waals surface area contributed by atoms with Crippen LogP contribution in [-0.4, -0.2) is 18.0 Å². The van der Waals surface area contributed by atoms with Gasteiger partial charge in [-0.25, -0.2) is 0 Å². The van der Waals surface area contributed by atoms with Crippen molar-refractivity contribution in [1.29, 1.82) is 0 Å². The summed E-state index contributed by atoms with van der Waals surface area (Å²) in [7, 11) is 0. The van der Waals surface area contributed by atoms with Gasteiger partial charge in [0.1, 0.15) is 0 Å². The van der Waals surface area contributed by atoms with Crippen molar-refractivity contribution >= 4 is 24.0 Å². The van der Waals surface area contributed by atoms with Gasteiger partial charge >= 0.3 is 0 Å². The summed E-state index contributed by atoms with van der Waals surface area (Å²) in [6.45, 7) is 7.14. The van der Waals surface area contributed by atoms with Crippen molar-refractivity contribution in [3.05, 3.63) is 34.9 Å². The van der Waals surface area contributed by atoms with E-state index in [1.807, 2.05) is 12.1 Å². The van der Waals surface area contributed by atoms with Crippen LogP contribution in [0.3, 0.4) is 0 Å². The van der Waals surface area contributed by atoms with Gasteiger partial charge in [-0.05, 0) is 49.4 Å². The molecule has 0 amide bonds. The molecule has 0 radical (unpaired) electrons. The molecule has 1 aromatic rings. The normalized spacial score (nSPS) is 21.7. The van der Waals surface area contributed by atoms with Crippen LogP contribution in [0.1, 0.15) is 51.1 Å². The van der Waals surface area contributed by atoms with E-state index in [1.54, 1.807) is 0 Å². The van der Waals surface area contributed by atoms with E-state index in [9.17, 15) is 0 Å². The molecule has 1 heterocycles. The molecule has 108 valence electrons. The summed E-state index contributed by atoms with van der Waals surface area (Å²) in [6, 6.07) is 9.01. The maximum absolute atomic E-state index is 5.99. The maximum atomic E-state index is 5.99. The lowest BCUT2D eigenvalue weighted by atomic mass is 9.94. The molecule has 1 nitrogen and oxygen atoms in total. The smallest absolute Gasteiger partial charge is 0.0406 e. The molecule has 1 aromatic carbocycles. The number of likely N-dealkylation sites (tertiary alicyclic amines) is 1. The van der Waals surface area contributed by atoms with Crippen molar-refractivity contribution in [3.8, 4) is 0 Å². The summed E-state index contributed by atoms with van der Waals surface area (Å²) < 4.78 is 0. The van der Waals surface area contributed by atoms with E-state index in [-0.39, 0.29) is 12.4 Å². The van der Waals surface area contributed by atoms with E-state index in [0.717, 1.165) is 10.9 Å². The van der Waals surface area contributed by atoms with E-state index in [0.29, 0.717) is 6.04 Å². The average molecular weight is 302 g/mol. The lowest BCUT2D eigenvalue weighted by molar-refractivity contribution is 0.123. The molecule has 2 rings (SSSR count). The minimum absolute atomic E-state index is 0. The van der Waals surface area contributed by atoms with Gasteiger partial charge in [-0.15, -0.1) is 12.4 Å². The topological polar surface area (TPSA) is 3.24 Å². The van der Waals surface area contributed by atoms with Crippen LogP contribution >= 0.6 is 24.0 Å². The highest BCUT2D eigenvalue weighted by molar-refractivity contribution is 6.30. The predicted molar refractivity (Wildman–Crippen MR) is 86.3 cm³/mol. The Bertz CT molecular complexity index is 364. The number of hydrogen-bond acceptors (Lipinski definition) is 1. The van der Waals surface area contributed by atoms with E-state index in [1.165, 1.54) is 44.3 Å². The number of rotatable bonds is 4. The highest BCUT2D eigenvalue weighted by Crippen LogP contribution is 2.30. The monoisotopic (exact) mass is 301 g/mol. The van der Waals surface area contributed by atoms with E-state index >= 15 is 0 Å². The van der Waals surface area contributed by atoms with Crippen molar-refractivity contribution in [2.24, 2.45) is 5.92 Å². The molecule has 0 saturated carbocycles. The molecule has 19 heavy (non-hydrogen) atoms. The SMILES string of the molecule is CCCC(c1ccc(Cl)cc1)N1CCCC(C)C1.Cl. The molecular weight excluding hydrogens is 277 g/mol. The van der Waals surface area contributed by atoms with E-state index in [4.69, 9.17) is 11.6 Å². The number of benzene rings is 1. The zero-order chi connectivity index (χ0) is 13.0. The van der Waals surface area contributed by atoms with Gasteiger partial charge in [0.25, 0.3) is 0 Å². The summed E-state index contributed by atoms with van der Waals surface area (Å²) in [4.78, 5) is 2.67. The Morgan fingerprint density at radius 1 is 1.32 bits per heavy atom. The van der Waals surface area contributed by atoms with Crippen LogP contribution in [0.25, 0.3) is 0 Å². The summed E-state index contributed by atoms with van der Waals surface area (Å²) >= 11 is 5.99. The first-order valence-electron chi connectivity index (χ1n) is 7.20. The molecule has 1 fully saturated rings. The summed E-state index contributed by atoms with van der Waals surface area (Å²) in [5, 5.41) is 0.834. The van der Waals surface area contributed by atoms with Crippen molar-refractivity contribution in [3.63, 3.8) is 0 Å². The van der Waals surface area contributed by atoms with Crippen LogP contribution in [0.2, 0.25) is 5.02 Å². The highest BCUT2D eigenvalue weighted by Gasteiger charge is 2.24. The van der Waals surface area contributed by atoms with Gasteiger partial charge in [0.15, 0.2) is 0 Å². The third kappa shape index (κ3) is 4.66. The number of nitrogens with zero attached hydrogens (tertiary/aromatic N) is 1. The van der Waals surface area contributed by atoms with Gasteiger partial charge in [-0.2, -0.15) is 0 Å². The Morgan fingerprint density at radius 3 is 2.58 bits per heavy atom. The fourth-order valence-corrected chi connectivity index (χ4v) is 3.15. The van der Waals surface area contributed by atoms with Crippen molar-refractivity contribution in [1.82, 2.24) is 4.90 Å². The second kappa shape index (κ2) is 8.14.